The average molecular weight is 371 g/mol. The lowest BCUT2D eigenvalue weighted by Crippen LogP contribution is -2.01. The van der Waals surface area contributed by atoms with Crippen molar-refractivity contribution in [3.05, 3.63) is 49.0 Å². The van der Waals surface area contributed by atoms with E-state index in [0.29, 0.717) is 0 Å². The van der Waals surface area contributed by atoms with Gasteiger partial charge in [0.05, 0.1) is 0 Å². The average Bonchev–Trinajstić information content (AvgIpc) is 2.59. The molecule has 0 N–H and O–H groups in total. The van der Waals surface area contributed by atoms with Crippen LogP contribution in [0.2, 0.25) is 0 Å². The van der Waals surface area contributed by atoms with Crippen molar-refractivity contribution in [1.82, 2.24) is 0 Å². The largest absolute Gasteiger partial charge is 0.499 e. The molecule has 0 aromatic carbocycles. The molecule has 25 heavy (non-hydrogen) atoms. The molecule has 0 atom stereocenters. The Labute approximate surface area is 154 Å². The highest BCUT2D eigenvalue weighted by Crippen LogP contribution is 2.04. The van der Waals surface area contributed by atoms with Crippen LogP contribution in [0.15, 0.2) is 49.0 Å². The van der Waals surface area contributed by atoms with E-state index in [4.69, 9.17) is 0 Å². The molecule has 0 amide bonds. The van der Waals surface area contributed by atoms with Crippen LogP contribution in [-0.2, 0) is 18.8 Å². The van der Waals surface area contributed by atoms with Crippen molar-refractivity contribution in [2.45, 2.75) is 78.1 Å². The molecule has 0 aliphatic heterocycles. The quantitative estimate of drug-likeness (QED) is 0.181. The van der Waals surface area contributed by atoms with Gasteiger partial charge in [-0.2, -0.15) is 0 Å². The van der Waals surface area contributed by atoms with Crippen LogP contribution in [0.1, 0.15) is 78.1 Å². The van der Waals surface area contributed by atoms with Gasteiger partial charge in [0.25, 0.3) is 0 Å². The van der Waals surface area contributed by atoms with Crippen LogP contribution in [0.4, 0.5) is 0 Å². The molecule has 0 unspecified atom stereocenters. The van der Waals surface area contributed by atoms with Crippen LogP contribution in [0.5, 0.6) is 0 Å². The molecule has 0 aliphatic rings. The lowest BCUT2D eigenvalue weighted by atomic mass is 10.1. The third-order valence-corrected chi connectivity index (χ3v) is 4.14. The summed E-state index contributed by atoms with van der Waals surface area (Å²) in [5.41, 5.74) is 0. The van der Waals surface area contributed by atoms with E-state index in [9.17, 15) is 8.42 Å². The van der Waals surface area contributed by atoms with Gasteiger partial charge in [-0.3, -0.25) is 0 Å². The van der Waals surface area contributed by atoms with Crippen LogP contribution in [0.3, 0.4) is 0 Å². The van der Waals surface area contributed by atoms with Crippen molar-refractivity contribution >= 4 is 10.4 Å². The van der Waals surface area contributed by atoms with E-state index >= 15 is 0 Å². The molecule has 0 saturated heterocycles. The predicted molar refractivity (Wildman–Crippen MR) is 105 cm³/mol. The summed E-state index contributed by atoms with van der Waals surface area (Å²) in [5.74, 6) is 0. The zero-order valence-corrected chi connectivity index (χ0v) is 16.5. The monoisotopic (exact) mass is 370 g/mol. The second-order valence-electron chi connectivity index (χ2n) is 5.81. The lowest BCUT2D eigenvalue weighted by molar-refractivity contribution is 0.336. The van der Waals surface area contributed by atoms with E-state index in [2.05, 4.69) is 22.2 Å². The molecule has 0 aromatic heterocycles. The predicted octanol–water partition coefficient (Wildman–Crippen LogP) is 6.35. The van der Waals surface area contributed by atoms with Gasteiger partial charge in [0.1, 0.15) is 12.5 Å². The molecule has 0 heterocycles. The zero-order valence-electron chi connectivity index (χ0n) is 15.7. The summed E-state index contributed by atoms with van der Waals surface area (Å²) >= 11 is 0. The second kappa shape index (κ2) is 17.3. The Morgan fingerprint density at radius 3 is 1.48 bits per heavy atom. The molecule has 0 aromatic rings. The van der Waals surface area contributed by atoms with E-state index in [1.807, 2.05) is 12.2 Å². The standard InChI is InChI=1S/C20H34O4S/c1-3-5-7-9-11-13-15-17-19-23-25(21,22)24-20-18-16-14-12-10-8-6-4-2/h13-20H,3-12H2,1-2H3/b15-13-,16-14-,19-17+,20-18+. The zero-order chi connectivity index (χ0) is 18.6. The summed E-state index contributed by atoms with van der Waals surface area (Å²) in [4.78, 5) is 0. The summed E-state index contributed by atoms with van der Waals surface area (Å²) in [7, 11) is -4.03. The van der Waals surface area contributed by atoms with Crippen molar-refractivity contribution in [2.75, 3.05) is 0 Å². The molecule has 0 radical (unpaired) electrons. The van der Waals surface area contributed by atoms with Crippen molar-refractivity contribution in [2.24, 2.45) is 0 Å². The first-order chi connectivity index (χ1) is 12.1. The Balaban J connectivity index is 3.82. The minimum absolute atomic E-state index is 0.987. The molecule has 0 rings (SSSR count). The minimum Gasteiger partial charge on any atom is -0.361 e. The molecule has 5 heteroatoms. The van der Waals surface area contributed by atoms with E-state index in [0.717, 1.165) is 38.2 Å². The fourth-order valence-corrected chi connectivity index (χ4v) is 2.49. The van der Waals surface area contributed by atoms with E-state index in [1.54, 1.807) is 24.3 Å². The van der Waals surface area contributed by atoms with Crippen molar-refractivity contribution in [3.8, 4) is 0 Å². The smallest absolute Gasteiger partial charge is 0.361 e. The summed E-state index contributed by atoms with van der Waals surface area (Å²) in [6.07, 6.45) is 24.5. The Morgan fingerprint density at radius 2 is 1.08 bits per heavy atom. The van der Waals surface area contributed by atoms with Crippen molar-refractivity contribution in [3.63, 3.8) is 0 Å². The summed E-state index contributed by atoms with van der Waals surface area (Å²) < 4.78 is 32.1. The highest BCUT2D eigenvalue weighted by atomic mass is 32.3. The molecule has 0 bridgehead atoms. The molecule has 0 aliphatic carbocycles. The number of unbranched alkanes of at least 4 members (excludes halogenated alkanes) is 8. The number of hydrogen-bond donors (Lipinski definition) is 0. The van der Waals surface area contributed by atoms with Crippen molar-refractivity contribution in [1.29, 1.82) is 0 Å². The molecule has 4 nitrogen and oxygen atoms in total. The van der Waals surface area contributed by atoms with E-state index in [-0.39, 0.29) is 0 Å². The Kier molecular flexibility index (Phi) is 16.3. The number of allylic oxidation sites excluding steroid dienone is 6. The summed E-state index contributed by atoms with van der Waals surface area (Å²) in [6, 6.07) is 0. The van der Waals surface area contributed by atoms with Gasteiger partial charge in [0.15, 0.2) is 0 Å². The first kappa shape index (κ1) is 23.5. The van der Waals surface area contributed by atoms with Gasteiger partial charge in [-0.15, -0.1) is 8.42 Å². The molecule has 0 saturated carbocycles. The summed E-state index contributed by atoms with van der Waals surface area (Å²) in [5, 5.41) is 0. The lowest BCUT2D eigenvalue weighted by Gasteiger charge is -1.98. The van der Waals surface area contributed by atoms with Crippen LogP contribution in [-0.4, -0.2) is 8.42 Å². The third-order valence-electron chi connectivity index (χ3n) is 3.45. The van der Waals surface area contributed by atoms with Crippen LogP contribution < -0.4 is 0 Å². The normalized spacial score (nSPS) is 12.9. The fourth-order valence-electron chi connectivity index (χ4n) is 2.04. The highest BCUT2D eigenvalue weighted by Gasteiger charge is 2.07. The topological polar surface area (TPSA) is 52.6 Å². The summed E-state index contributed by atoms with van der Waals surface area (Å²) in [6.45, 7) is 4.36. The molecule has 0 fully saturated rings. The van der Waals surface area contributed by atoms with Crippen LogP contribution in [0.25, 0.3) is 0 Å². The maximum Gasteiger partial charge on any atom is 0.499 e. The number of hydrogen-bond acceptors (Lipinski definition) is 4. The molecular formula is C20H34O4S. The van der Waals surface area contributed by atoms with Gasteiger partial charge in [-0.25, -0.2) is 0 Å². The van der Waals surface area contributed by atoms with Gasteiger partial charge in [-0.1, -0.05) is 76.7 Å². The Bertz CT molecular complexity index is 462. The molecule has 0 spiro atoms. The Hall–Kier alpha value is -1.49. The van der Waals surface area contributed by atoms with Crippen LogP contribution in [0, 0.1) is 0 Å². The maximum atomic E-state index is 11.4. The van der Waals surface area contributed by atoms with E-state index in [1.165, 1.54) is 38.5 Å². The molecule has 144 valence electrons. The van der Waals surface area contributed by atoms with Gasteiger partial charge < -0.3 is 8.37 Å². The first-order valence-electron chi connectivity index (χ1n) is 9.37. The van der Waals surface area contributed by atoms with Gasteiger partial charge in [-0.05, 0) is 37.8 Å². The highest BCUT2D eigenvalue weighted by molar-refractivity contribution is 7.82. The second-order valence-corrected chi connectivity index (χ2v) is 7.01. The minimum atomic E-state index is -4.03. The Morgan fingerprint density at radius 1 is 0.640 bits per heavy atom. The van der Waals surface area contributed by atoms with Gasteiger partial charge in [0.2, 0.25) is 0 Å². The molecular weight excluding hydrogens is 336 g/mol. The third kappa shape index (κ3) is 18.7. The van der Waals surface area contributed by atoms with Gasteiger partial charge in [0, 0.05) is 0 Å². The SMILES string of the molecule is CCCCCC/C=C\C=C\OS(=O)(=O)O/C=C/C=C\CCCCCC. The maximum absolute atomic E-state index is 11.4. The first-order valence-corrected chi connectivity index (χ1v) is 10.7. The van der Waals surface area contributed by atoms with Crippen LogP contribution >= 0.6 is 0 Å². The van der Waals surface area contributed by atoms with E-state index < -0.39 is 10.4 Å². The van der Waals surface area contributed by atoms with Crippen molar-refractivity contribution < 1.29 is 16.8 Å². The van der Waals surface area contributed by atoms with Gasteiger partial charge >= 0.3 is 10.4 Å². The fraction of sp³-hybridized carbons (Fsp3) is 0.600. The number of rotatable bonds is 16.